The van der Waals surface area contributed by atoms with Gasteiger partial charge in [-0.25, -0.2) is 4.79 Å². The highest BCUT2D eigenvalue weighted by atomic mass is 16.5. The van der Waals surface area contributed by atoms with E-state index in [9.17, 15) is 9.90 Å². The number of carboxylic acids is 1. The number of ether oxygens (including phenoxy) is 1. The highest BCUT2D eigenvalue weighted by Crippen LogP contribution is 2.27. The summed E-state index contributed by atoms with van der Waals surface area (Å²) in [5.74, 6) is -0.901. The van der Waals surface area contributed by atoms with E-state index >= 15 is 0 Å². The minimum absolute atomic E-state index is 0.102. The van der Waals surface area contributed by atoms with E-state index in [1.807, 2.05) is 30.3 Å². The summed E-state index contributed by atoms with van der Waals surface area (Å²) in [6, 6.07) is 9.18. The summed E-state index contributed by atoms with van der Waals surface area (Å²) in [7, 11) is 0. The highest BCUT2D eigenvalue weighted by molar-refractivity contribution is 5.74. The molecule has 2 rings (SSSR count). The monoisotopic (exact) mass is 234 g/mol. The first kappa shape index (κ1) is 12.1. The zero-order valence-electron chi connectivity index (χ0n) is 9.84. The Bertz CT molecular complexity index is 355. The first-order valence-corrected chi connectivity index (χ1v) is 6.20. The molecule has 17 heavy (non-hydrogen) atoms. The number of carboxylic acid groups (broad SMARTS) is 1. The van der Waals surface area contributed by atoms with Gasteiger partial charge in [0.15, 0.2) is 6.10 Å². The van der Waals surface area contributed by atoms with Crippen molar-refractivity contribution in [3.63, 3.8) is 0 Å². The lowest BCUT2D eigenvalue weighted by Crippen LogP contribution is -2.24. The van der Waals surface area contributed by atoms with Gasteiger partial charge in [-0.1, -0.05) is 49.6 Å². The lowest BCUT2D eigenvalue weighted by Gasteiger charge is -2.25. The van der Waals surface area contributed by atoms with Crippen LogP contribution >= 0.6 is 0 Å². The molecule has 1 saturated carbocycles. The van der Waals surface area contributed by atoms with Crippen molar-refractivity contribution in [1.29, 1.82) is 0 Å². The van der Waals surface area contributed by atoms with Gasteiger partial charge in [-0.2, -0.15) is 0 Å². The number of aliphatic carboxylic acids is 1. The molecule has 1 aromatic rings. The van der Waals surface area contributed by atoms with E-state index in [0.29, 0.717) is 0 Å². The third kappa shape index (κ3) is 3.30. The summed E-state index contributed by atoms with van der Waals surface area (Å²) < 4.78 is 5.74. The van der Waals surface area contributed by atoms with Gasteiger partial charge < -0.3 is 9.84 Å². The average Bonchev–Trinajstić information content (AvgIpc) is 2.38. The third-order valence-electron chi connectivity index (χ3n) is 3.21. The molecule has 1 aliphatic rings. The molecule has 0 spiro atoms. The Labute approximate surface area is 101 Å². The Morgan fingerprint density at radius 2 is 1.82 bits per heavy atom. The fraction of sp³-hybridized carbons (Fsp3) is 0.500. The number of carbonyl (C=O) groups is 1. The quantitative estimate of drug-likeness (QED) is 0.870. The van der Waals surface area contributed by atoms with Gasteiger partial charge in [-0.15, -0.1) is 0 Å². The molecule has 0 heterocycles. The Morgan fingerprint density at radius 3 is 2.41 bits per heavy atom. The van der Waals surface area contributed by atoms with Gasteiger partial charge in [0.2, 0.25) is 0 Å². The molecule has 3 heteroatoms. The molecule has 1 N–H and O–H groups in total. The van der Waals surface area contributed by atoms with Gasteiger partial charge in [-0.05, 0) is 18.4 Å². The first-order valence-electron chi connectivity index (χ1n) is 6.20. The second-order valence-electron chi connectivity index (χ2n) is 4.53. The number of hydrogen-bond acceptors (Lipinski definition) is 2. The molecule has 0 radical (unpaired) electrons. The molecule has 0 aromatic heterocycles. The largest absolute Gasteiger partial charge is 0.479 e. The molecule has 1 atom stereocenters. The van der Waals surface area contributed by atoms with Gasteiger partial charge in [0, 0.05) is 0 Å². The zero-order valence-corrected chi connectivity index (χ0v) is 9.84. The van der Waals surface area contributed by atoms with Gasteiger partial charge >= 0.3 is 5.97 Å². The molecule has 1 fully saturated rings. The van der Waals surface area contributed by atoms with Crippen LogP contribution in [0.1, 0.15) is 43.8 Å². The smallest absolute Gasteiger partial charge is 0.337 e. The van der Waals surface area contributed by atoms with Gasteiger partial charge in [0.25, 0.3) is 0 Å². The van der Waals surface area contributed by atoms with Crippen LogP contribution in [0.15, 0.2) is 30.3 Å². The van der Waals surface area contributed by atoms with Crippen LogP contribution in [0.4, 0.5) is 0 Å². The molecule has 1 aliphatic carbocycles. The molecular weight excluding hydrogens is 216 g/mol. The van der Waals surface area contributed by atoms with Crippen molar-refractivity contribution >= 4 is 5.97 Å². The van der Waals surface area contributed by atoms with Crippen molar-refractivity contribution in [1.82, 2.24) is 0 Å². The Morgan fingerprint density at radius 1 is 1.18 bits per heavy atom. The number of hydrogen-bond donors (Lipinski definition) is 1. The van der Waals surface area contributed by atoms with Crippen molar-refractivity contribution in [3.8, 4) is 0 Å². The van der Waals surface area contributed by atoms with Gasteiger partial charge in [-0.3, -0.25) is 0 Å². The molecule has 0 saturated heterocycles. The standard InChI is InChI=1S/C14H18O3/c15-14(16)13(11-7-3-1-4-8-11)17-12-9-5-2-6-10-12/h1,3-4,7-8,12-13H,2,5-6,9-10H2,(H,15,16)/t13-/m0/s1. The summed E-state index contributed by atoms with van der Waals surface area (Å²) in [6.07, 6.45) is 4.78. The normalized spacial score (nSPS) is 18.8. The van der Waals surface area contributed by atoms with E-state index in [1.54, 1.807) is 0 Å². The van der Waals surface area contributed by atoms with Crippen molar-refractivity contribution in [3.05, 3.63) is 35.9 Å². The highest BCUT2D eigenvalue weighted by Gasteiger charge is 2.25. The molecular formula is C14H18O3. The van der Waals surface area contributed by atoms with Crippen LogP contribution in [0.3, 0.4) is 0 Å². The van der Waals surface area contributed by atoms with E-state index in [1.165, 1.54) is 6.42 Å². The zero-order chi connectivity index (χ0) is 12.1. The fourth-order valence-corrected chi connectivity index (χ4v) is 2.30. The summed E-state index contributed by atoms with van der Waals surface area (Å²) in [6.45, 7) is 0. The van der Waals surface area contributed by atoms with E-state index in [4.69, 9.17) is 4.74 Å². The number of benzene rings is 1. The van der Waals surface area contributed by atoms with Crippen molar-refractivity contribution in [2.24, 2.45) is 0 Å². The van der Waals surface area contributed by atoms with Crippen LogP contribution in [0.5, 0.6) is 0 Å². The Balaban J connectivity index is 2.05. The summed E-state index contributed by atoms with van der Waals surface area (Å²) in [5.41, 5.74) is 0.727. The van der Waals surface area contributed by atoms with E-state index in [0.717, 1.165) is 31.2 Å². The Hall–Kier alpha value is -1.35. The lowest BCUT2D eigenvalue weighted by molar-refractivity contribution is -0.156. The number of rotatable bonds is 4. The second-order valence-corrected chi connectivity index (χ2v) is 4.53. The second kappa shape index (κ2) is 5.82. The molecule has 0 aliphatic heterocycles. The summed E-state index contributed by atoms with van der Waals surface area (Å²) in [4.78, 5) is 11.2. The predicted molar refractivity (Wildman–Crippen MR) is 64.8 cm³/mol. The minimum Gasteiger partial charge on any atom is -0.479 e. The van der Waals surface area contributed by atoms with Gasteiger partial charge in [0.1, 0.15) is 0 Å². The van der Waals surface area contributed by atoms with Gasteiger partial charge in [0.05, 0.1) is 6.10 Å². The molecule has 3 nitrogen and oxygen atoms in total. The summed E-state index contributed by atoms with van der Waals surface area (Å²) >= 11 is 0. The van der Waals surface area contributed by atoms with Crippen LogP contribution in [-0.2, 0) is 9.53 Å². The maximum atomic E-state index is 11.2. The van der Waals surface area contributed by atoms with Crippen molar-refractivity contribution in [2.45, 2.75) is 44.3 Å². The summed E-state index contributed by atoms with van der Waals surface area (Å²) in [5, 5.41) is 9.23. The third-order valence-corrected chi connectivity index (χ3v) is 3.21. The topological polar surface area (TPSA) is 46.5 Å². The van der Waals surface area contributed by atoms with E-state index in [-0.39, 0.29) is 6.10 Å². The molecule has 1 aromatic carbocycles. The van der Waals surface area contributed by atoms with Crippen LogP contribution in [0.25, 0.3) is 0 Å². The molecule has 0 amide bonds. The maximum Gasteiger partial charge on any atom is 0.337 e. The first-order chi connectivity index (χ1) is 8.27. The van der Waals surface area contributed by atoms with Crippen molar-refractivity contribution < 1.29 is 14.6 Å². The van der Waals surface area contributed by atoms with E-state index in [2.05, 4.69) is 0 Å². The SMILES string of the molecule is O=C(O)[C@@H](OC1CCCCC1)c1ccccc1. The predicted octanol–water partition coefficient (Wildman–Crippen LogP) is 3.16. The van der Waals surface area contributed by atoms with Crippen molar-refractivity contribution in [2.75, 3.05) is 0 Å². The molecule has 0 bridgehead atoms. The maximum absolute atomic E-state index is 11.2. The average molecular weight is 234 g/mol. The van der Waals surface area contributed by atoms with E-state index < -0.39 is 12.1 Å². The Kier molecular flexibility index (Phi) is 4.15. The molecule has 0 unspecified atom stereocenters. The van der Waals surface area contributed by atoms with Crippen LogP contribution in [0, 0.1) is 0 Å². The van der Waals surface area contributed by atoms with Crippen LogP contribution in [-0.4, -0.2) is 17.2 Å². The lowest BCUT2D eigenvalue weighted by atomic mass is 9.97. The van der Waals surface area contributed by atoms with Crippen LogP contribution in [0.2, 0.25) is 0 Å². The van der Waals surface area contributed by atoms with Crippen LogP contribution < -0.4 is 0 Å². The minimum atomic E-state index is -0.901. The fourth-order valence-electron chi connectivity index (χ4n) is 2.30. The molecule has 92 valence electrons.